The van der Waals surface area contributed by atoms with E-state index in [4.69, 9.17) is 0 Å². The number of pyridine rings is 1. The lowest BCUT2D eigenvalue weighted by Crippen LogP contribution is -2.41. The van der Waals surface area contributed by atoms with Crippen LogP contribution in [0.2, 0.25) is 0 Å². The monoisotopic (exact) mass is 481 g/mol. The molecule has 1 aromatic heterocycles. The van der Waals surface area contributed by atoms with Crippen LogP contribution in [0.4, 0.5) is 5.69 Å². The van der Waals surface area contributed by atoms with E-state index in [-0.39, 0.29) is 24.9 Å². The van der Waals surface area contributed by atoms with Gasteiger partial charge < -0.3 is 19.9 Å². The summed E-state index contributed by atoms with van der Waals surface area (Å²) < 4.78 is 2.34. The lowest BCUT2D eigenvalue weighted by molar-refractivity contribution is -0.136. The number of aromatic hydroxyl groups is 1. The fourth-order valence-electron chi connectivity index (χ4n) is 3.77. The zero-order valence-corrected chi connectivity index (χ0v) is 18.3. The highest BCUT2D eigenvalue weighted by molar-refractivity contribution is 9.10. The molecular weight excluding hydrogens is 462 g/mol. The number of nitrogens with one attached hydrogen (secondary N) is 1. The zero-order chi connectivity index (χ0) is 22.1. The summed E-state index contributed by atoms with van der Waals surface area (Å²) in [4.78, 5) is 39.3. The number of rotatable bonds is 3. The lowest BCUT2D eigenvalue weighted by atomic mass is 9.96. The van der Waals surface area contributed by atoms with E-state index >= 15 is 0 Å². The molecule has 2 aromatic carbocycles. The smallest absolute Gasteiger partial charge is 0.244 e. The third-order valence-electron chi connectivity index (χ3n) is 5.36. The van der Waals surface area contributed by atoms with E-state index in [0.29, 0.717) is 11.4 Å². The van der Waals surface area contributed by atoms with E-state index in [1.165, 1.54) is 21.7 Å². The normalized spacial score (nSPS) is 15.7. The number of nitrogens with zero attached hydrogens (tertiary/aromatic N) is 2. The van der Waals surface area contributed by atoms with Gasteiger partial charge in [0.1, 0.15) is 13.1 Å². The number of halogens is 1. The van der Waals surface area contributed by atoms with Crippen molar-refractivity contribution in [2.24, 2.45) is 0 Å². The van der Waals surface area contributed by atoms with E-state index in [0.717, 1.165) is 15.6 Å². The summed E-state index contributed by atoms with van der Waals surface area (Å²) in [7, 11) is 0. The third-order valence-corrected chi connectivity index (χ3v) is 5.86. The van der Waals surface area contributed by atoms with Crippen LogP contribution in [-0.4, -0.2) is 32.9 Å². The molecule has 1 unspecified atom stereocenters. The number of anilines is 1. The van der Waals surface area contributed by atoms with Crippen molar-refractivity contribution < 1.29 is 14.7 Å². The summed E-state index contributed by atoms with van der Waals surface area (Å²) in [5.74, 6) is -1.00. The molecular formula is C23H20BrN3O4. The fraction of sp³-hybridized carbons (Fsp3) is 0.174. The van der Waals surface area contributed by atoms with Crippen molar-refractivity contribution in [1.82, 2.24) is 9.47 Å². The molecule has 0 saturated heterocycles. The van der Waals surface area contributed by atoms with Gasteiger partial charge in [0.15, 0.2) is 5.75 Å². The molecule has 1 aliphatic heterocycles. The first-order valence-electron chi connectivity index (χ1n) is 9.68. The fourth-order valence-corrected chi connectivity index (χ4v) is 4.15. The number of aromatic nitrogens is 1. The highest BCUT2D eigenvalue weighted by Crippen LogP contribution is 2.37. The molecule has 2 heterocycles. The number of hydrogen-bond acceptors (Lipinski definition) is 4. The number of amides is 2. The average molecular weight is 482 g/mol. The van der Waals surface area contributed by atoms with Crippen molar-refractivity contribution in [3.63, 3.8) is 0 Å². The summed E-state index contributed by atoms with van der Waals surface area (Å²) in [5, 5.41) is 12.8. The summed E-state index contributed by atoms with van der Waals surface area (Å²) >= 11 is 3.49. The molecule has 8 heteroatoms. The number of fused-ring (bicyclic) bond motifs is 1. The molecule has 1 atom stereocenters. The molecule has 0 spiro atoms. The Bertz CT molecular complexity index is 1220. The van der Waals surface area contributed by atoms with Crippen LogP contribution in [0.1, 0.15) is 22.9 Å². The number of carbonyl (C=O) groups is 2. The molecule has 158 valence electrons. The van der Waals surface area contributed by atoms with E-state index < -0.39 is 17.2 Å². The predicted octanol–water partition coefficient (Wildman–Crippen LogP) is 3.20. The molecule has 0 fully saturated rings. The second kappa shape index (κ2) is 8.39. The van der Waals surface area contributed by atoms with E-state index in [9.17, 15) is 19.5 Å². The SMILES string of the molecule is Cc1c(O)c(=O)ccn1CC(=O)N1CC(=O)Nc2ccc(Br)cc2C1c1ccccc1. The summed E-state index contributed by atoms with van der Waals surface area (Å²) in [6, 6.07) is 15.8. The second-order valence-electron chi connectivity index (χ2n) is 7.36. The Labute approximate surface area is 187 Å². The second-order valence-corrected chi connectivity index (χ2v) is 8.27. The minimum atomic E-state index is -0.503. The molecule has 2 amide bonds. The molecule has 0 radical (unpaired) electrons. The lowest BCUT2D eigenvalue weighted by Gasteiger charge is -2.31. The Morgan fingerprint density at radius 3 is 2.65 bits per heavy atom. The Morgan fingerprint density at radius 2 is 1.90 bits per heavy atom. The number of carbonyl (C=O) groups excluding carboxylic acids is 2. The topological polar surface area (TPSA) is 91.6 Å². The molecule has 0 bridgehead atoms. The van der Waals surface area contributed by atoms with Gasteiger partial charge in [-0.25, -0.2) is 0 Å². The van der Waals surface area contributed by atoms with E-state index in [2.05, 4.69) is 21.2 Å². The maximum atomic E-state index is 13.4. The molecule has 31 heavy (non-hydrogen) atoms. The van der Waals surface area contributed by atoms with Crippen molar-refractivity contribution in [3.8, 4) is 5.75 Å². The van der Waals surface area contributed by atoms with Gasteiger partial charge in [0.25, 0.3) is 0 Å². The van der Waals surface area contributed by atoms with Crippen LogP contribution in [0.3, 0.4) is 0 Å². The quantitative estimate of drug-likeness (QED) is 0.600. The molecule has 2 N–H and O–H groups in total. The van der Waals surface area contributed by atoms with Crippen LogP contribution in [0.15, 0.2) is 70.1 Å². The van der Waals surface area contributed by atoms with Gasteiger partial charge >= 0.3 is 0 Å². The maximum Gasteiger partial charge on any atom is 0.244 e. The molecule has 3 aromatic rings. The van der Waals surface area contributed by atoms with Crippen molar-refractivity contribution in [2.45, 2.75) is 19.5 Å². The largest absolute Gasteiger partial charge is 0.503 e. The Morgan fingerprint density at radius 1 is 1.16 bits per heavy atom. The average Bonchev–Trinajstić information content (AvgIpc) is 2.90. The minimum Gasteiger partial charge on any atom is -0.503 e. The molecule has 1 aliphatic rings. The van der Waals surface area contributed by atoms with Gasteiger partial charge in [-0.2, -0.15) is 0 Å². The third kappa shape index (κ3) is 4.11. The Kier molecular flexibility index (Phi) is 5.65. The molecule has 4 rings (SSSR count). The number of benzene rings is 2. The van der Waals surface area contributed by atoms with E-state index in [1.54, 1.807) is 6.92 Å². The van der Waals surface area contributed by atoms with Crippen molar-refractivity contribution in [3.05, 3.63) is 92.3 Å². The summed E-state index contributed by atoms with van der Waals surface area (Å²) in [6.07, 6.45) is 1.47. The van der Waals surface area contributed by atoms with Crippen LogP contribution >= 0.6 is 15.9 Å². The van der Waals surface area contributed by atoms with Crippen molar-refractivity contribution in [1.29, 1.82) is 0 Å². The first kappa shape index (κ1) is 20.9. The number of hydrogen-bond donors (Lipinski definition) is 2. The summed E-state index contributed by atoms with van der Waals surface area (Å²) in [6.45, 7) is 1.32. The van der Waals surface area contributed by atoms with Crippen LogP contribution in [-0.2, 0) is 16.1 Å². The molecule has 7 nitrogen and oxygen atoms in total. The highest BCUT2D eigenvalue weighted by Gasteiger charge is 2.33. The van der Waals surface area contributed by atoms with Gasteiger partial charge in [0.2, 0.25) is 17.2 Å². The summed E-state index contributed by atoms with van der Waals surface area (Å²) in [5.41, 5.74) is 2.09. The first-order chi connectivity index (χ1) is 14.8. The molecule has 0 saturated carbocycles. The van der Waals surface area contributed by atoms with E-state index in [1.807, 2.05) is 48.5 Å². The van der Waals surface area contributed by atoms with Crippen LogP contribution in [0, 0.1) is 6.92 Å². The van der Waals surface area contributed by atoms with Gasteiger partial charge in [-0.1, -0.05) is 46.3 Å². The Hall–Kier alpha value is -3.39. The van der Waals surface area contributed by atoms with Crippen molar-refractivity contribution >= 4 is 33.4 Å². The minimum absolute atomic E-state index is 0.125. The zero-order valence-electron chi connectivity index (χ0n) is 16.7. The highest BCUT2D eigenvalue weighted by atomic mass is 79.9. The van der Waals surface area contributed by atoms with Gasteiger partial charge in [-0.05, 0) is 30.7 Å². The van der Waals surface area contributed by atoms with Gasteiger partial charge in [-0.15, -0.1) is 0 Å². The first-order valence-corrected chi connectivity index (χ1v) is 10.5. The predicted molar refractivity (Wildman–Crippen MR) is 120 cm³/mol. The van der Waals surface area contributed by atoms with Crippen LogP contribution < -0.4 is 10.7 Å². The van der Waals surface area contributed by atoms with Crippen molar-refractivity contribution in [2.75, 3.05) is 11.9 Å². The van der Waals surface area contributed by atoms with Gasteiger partial charge in [-0.3, -0.25) is 14.4 Å². The molecule has 0 aliphatic carbocycles. The standard InChI is InChI=1S/C23H20BrN3O4/c1-14-23(31)19(28)9-10-26(14)13-21(30)27-12-20(29)25-18-8-7-16(24)11-17(18)22(27)15-5-3-2-4-6-15/h2-11,22,31H,12-13H2,1H3,(H,25,29). The Balaban J connectivity index is 1.80. The van der Waals surface area contributed by atoms with Gasteiger partial charge in [0.05, 0.1) is 11.7 Å². The van der Waals surface area contributed by atoms with Gasteiger partial charge in [0, 0.05) is 28.0 Å². The van der Waals surface area contributed by atoms with Crippen LogP contribution in [0.5, 0.6) is 5.75 Å². The maximum absolute atomic E-state index is 13.4. The van der Waals surface area contributed by atoms with Crippen LogP contribution in [0.25, 0.3) is 0 Å².